The van der Waals surface area contributed by atoms with E-state index in [1.807, 2.05) is 7.11 Å². The van der Waals surface area contributed by atoms with Gasteiger partial charge >= 0.3 is 0 Å². The molecule has 4 heteroatoms. The fraction of sp³-hybridized carbons (Fsp3) is 0.800. The first-order valence-corrected chi connectivity index (χ1v) is 8.46. The van der Waals surface area contributed by atoms with Gasteiger partial charge in [0.05, 0.1) is 11.7 Å². The fourth-order valence-electron chi connectivity index (χ4n) is 3.40. The summed E-state index contributed by atoms with van der Waals surface area (Å²) < 4.78 is 5.95. The van der Waals surface area contributed by atoms with Crippen LogP contribution in [0.3, 0.4) is 0 Å². The van der Waals surface area contributed by atoms with E-state index in [1.54, 1.807) is 11.3 Å². The highest BCUT2D eigenvalue weighted by Crippen LogP contribution is 2.41. The standard InChI is InChI=1S/C15H24N2OS/c1-18-15(8-4-2-3-5-9-15)14-17-13(11-19-14)12-7-6-10-16-12/h11-12,16H,2-10H2,1H3/t12-/m0/s1. The summed E-state index contributed by atoms with van der Waals surface area (Å²) in [5.41, 5.74) is 1.14. The van der Waals surface area contributed by atoms with Gasteiger partial charge in [0, 0.05) is 12.5 Å². The van der Waals surface area contributed by atoms with Crippen molar-refractivity contribution in [2.24, 2.45) is 0 Å². The van der Waals surface area contributed by atoms with E-state index in [-0.39, 0.29) is 5.60 Å². The zero-order chi connectivity index (χ0) is 13.1. The molecular weight excluding hydrogens is 256 g/mol. The molecule has 3 rings (SSSR count). The second-order valence-electron chi connectivity index (χ2n) is 5.84. The molecule has 1 aromatic rings. The molecule has 1 aliphatic heterocycles. The number of aromatic nitrogens is 1. The summed E-state index contributed by atoms with van der Waals surface area (Å²) in [6.45, 7) is 1.13. The number of rotatable bonds is 3. The molecule has 3 nitrogen and oxygen atoms in total. The molecule has 2 aliphatic rings. The Kier molecular flexibility index (Phi) is 4.20. The van der Waals surface area contributed by atoms with Crippen LogP contribution in [-0.2, 0) is 10.3 Å². The molecule has 0 bridgehead atoms. The molecule has 0 amide bonds. The van der Waals surface area contributed by atoms with Crippen molar-refractivity contribution in [2.45, 2.75) is 63.0 Å². The lowest BCUT2D eigenvalue weighted by Gasteiger charge is -2.29. The molecule has 1 N–H and O–H groups in total. The molecule has 1 saturated carbocycles. The van der Waals surface area contributed by atoms with Crippen LogP contribution in [0.2, 0.25) is 0 Å². The Balaban J connectivity index is 1.82. The van der Waals surface area contributed by atoms with Crippen LogP contribution in [0, 0.1) is 0 Å². The summed E-state index contributed by atoms with van der Waals surface area (Å²) in [6, 6.07) is 0.477. The van der Waals surface area contributed by atoms with Gasteiger partial charge in [-0.2, -0.15) is 0 Å². The molecule has 0 unspecified atom stereocenters. The number of thiazole rings is 1. The lowest BCUT2D eigenvalue weighted by Crippen LogP contribution is -2.28. The minimum Gasteiger partial charge on any atom is -0.371 e. The van der Waals surface area contributed by atoms with Crippen molar-refractivity contribution in [3.63, 3.8) is 0 Å². The number of ether oxygens (including phenoxy) is 1. The average molecular weight is 280 g/mol. The zero-order valence-electron chi connectivity index (χ0n) is 11.8. The predicted molar refractivity (Wildman–Crippen MR) is 78.5 cm³/mol. The second-order valence-corrected chi connectivity index (χ2v) is 6.70. The fourth-order valence-corrected chi connectivity index (χ4v) is 4.51. The Labute approximate surface area is 119 Å². The van der Waals surface area contributed by atoms with Gasteiger partial charge in [-0.05, 0) is 32.2 Å². The van der Waals surface area contributed by atoms with Gasteiger partial charge in [0.1, 0.15) is 10.6 Å². The van der Waals surface area contributed by atoms with E-state index in [0.717, 1.165) is 19.4 Å². The Morgan fingerprint density at radius 1 is 1.26 bits per heavy atom. The summed E-state index contributed by atoms with van der Waals surface area (Å²) in [5, 5.41) is 6.98. The summed E-state index contributed by atoms with van der Waals surface area (Å²) in [6.07, 6.45) is 9.98. The van der Waals surface area contributed by atoms with Gasteiger partial charge in [0.25, 0.3) is 0 Å². The van der Waals surface area contributed by atoms with Crippen LogP contribution in [0.1, 0.15) is 68.1 Å². The quantitative estimate of drug-likeness (QED) is 0.856. The molecule has 0 spiro atoms. The molecule has 1 saturated heterocycles. The molecule has 1 aliphatic carbocycles. The van der Waals surface area contributed by atoms with Crippen molar-refractivity contribution < 1.29 is 4.74 Å². The molecule has 2 fully saturated rings. The van der Waals surface area contributed by atoms with Crippen LogP contribution in [-0.4, -0.2) is 18.6 Å². The first-order valence-electron chi connectivity index (χ1n) is 7.58. The van der Waals surface area contributed by atoms with E-state index >= 15 is 0 Å². The Bertz CT molecular complexity index is 404. The van der Waals surface area contributed by atoms with Crippen molar-refractivity contribution in [3.8, 4) is 0 Å². The lowest BCUT2D eigenvalue weighted by molar-refractivity contribution is -0.0281. The van der Waals surface area contributed by atoms with Crippen molar-refractivity contribution in [2.75, 3.05) is 13.7 Å². The second kappa shape index (κ2) is 5.90. The van der Waals surface area contributed by atoms with Crippen LogP contribution < -0.4 is 5.32 Å². The van der Waals surface area contributed by atoms with Gasteiger partial charge in [0.2, 0.25) is 0 Å². The number of nitrogens with one attached hydrogen (secondary N) is 1. The third kappa shape index (κ3) is 2.71. The highest BCUT2D eigenvalue weighted by Gasteiger charge is 2.36. The van der Waals surface area contributed by atoms with Crippen LogP contribution in [0.15, 0.2) is 5.38 Å². The molecular formula is C15H24N2OS. The maximum absolute atomic E-state index is 5.95. The summed E-state index contributed by atoms with van der Waals surface area (Å²) in [4.78, 5) is 4.93. The van der Waals surface area contributed by atoms with Crippen LogP contribution in [0.5, 0.6) is 0 Å². The third-order valence-electron chi connectivity index (χ3n) is 4.63. The monoisotopic (exact) mass is 280 g/mol. The van der Waals surface area contributed by atoms with Crippen LogP contribution >= 0.6 is 11.3 Å². The van der Waals surface area contributed by atoms with Crippen molar-refractivity contribution >= 4 is 11.3 Å². The van der Waals surface area contributed by atoms with E-state index < -0.39 is 0 Å². The number of hydrogen-bond acceptors (Lipinski definition) is 4. The number of methoxy groups -OCH3 is 1. The van der Waals surface area contributed by atoms with Gasteiger partial charge < -0.3 is 10.1 Å². The normalized spacial score (nSPS) is 27.3. The average Bonchev–Trinajstić information content (AvgIpc) is 3.06. The van der Waals surface area contributed by atoms with Crippen molar-refractivity contribution in [3.05, 3.63) is 16.1 Å². The van der Waals surface area contributed by atoms with E-state index in [0.29, 0.717) is 6.04 Å². The van der Waals surface area contributed by atoms with Crippen LogP contribution in [0.4, 0.5) is 0 Å². The molecule has 106 valence electrons. The van der Waals surface area contributed by atoms with Gasteiger partial charge in [-0.1, -0.05) is 25.7 Å². The van der Waals surface area contributed by atoms with Gasteiger partial charge in [-0.25, -0.2) is 4.98 Å². The molecule has 19 heavy (non-hydrogen) atoms. The minimum absolute atomic E-state index is 0.0992. The SMILES string of the molecule is COC1(c2nc([C@@H]3CCCN3)cs2)CCCCCC1. The van der Waals surface area contributed by atoms with Crippen molar-refractivity contribution in [1.82, 2.24) is 10.3 Å². The largest absolute Gasteiger partial charge is 0.371 e. The Morgan fingerprint density at radius 2 is 2.05 bits per heavy atom. The Hall–Kier alpha value is -0.450. The zero-order valence-corrected chi connectivity index (χ0v) is 12.6. The summed E-state index contributed by atoms with van der Waals surface area (Å²) in [7, 11) is 1.86. The van der Waals surface area contributed by atoms with E-state index in [4.69, 9.17) is 9.72 Å². The number of nitrogens with zero attached hydrogens (tertiary/aromatic N) is 1. The van der Waals surface area contributed by atoms with Gasteiger partial charge in [-0.3, -0.25) is 0 Å². The van der Waals surface area contributed by atoms with Crippen LogP contribution in [0.25, 0.3) is 0 Å². The maximum Gasteiger partial charge on any atom is 0.125 e. The number of hydrogen-bond donors (Lipinski definition) is 1. The minimum atomic E-state index is -0.0992. The molecule has 2 heterocycles. The third-order valence-corrected chi connectivity index (χ3v) is 5.68. The molecule has 1 aromatic heterocycles. The summed E-state index contributed by atoms with van der Waals surface area (Å²) >= 11 is 1.80. The molecule has 1 atom stereocenters. The van der Waals surface area contributed by atoms with E-state index in [2.05, 4.69) is 10.7 Å². The van der Waals surface area contributed by atoms with Gasteiger partial charge in [-0.15, -0.1) is 11.3 Å². The maximum atomic E-state index is 5.95. The highest BCUT2D eigenvalue weighted by atomic mass is 32.1. The molecule has 0 radical (unpaired) electrons. The summed E-state index contributed by atoms with van der Waals surface area (Å²) in [5.74, 6) is 0. The van der Waals surface area contributed by atoms with E-state index in [9.17, 15) is 0 Å². The predicted octanol–water partition coefficient (Wildman–Crippen LogP) is 3.76. The van der Waals surface area contributed by atoms with E-state index in [1.165, 1.54) is 49.2 Å². The smallest absolute Gasteiger partial charge is 0.125 e. The highest BCUT2D eigenvalue weighted by molar-refractivity contribution is 7.09. The topological polar surface area (TPSA) is 34.1 Å². The molecule has 0 aromatic carbocycles. The first kappa shape index (κ1) is 13.5. The van der Waals surface area contributed by atoms with Gasteiger partial charge in [0.15, 0.2) is 0 Å². The first-order chi connectivity index (χ1) is 9.34. The lowest BCUT2D eigenvalue weighted by atomic mass is 9.95. The van der Waals surface area contributed by atoms with Crippen molar-refractivity contribution in [1.29, 1.82) is 0 Å². The Morgan fingerprint density at radius 3 is 2.68 bits per heavy atom.